The molecule has 13 heavy (non-hydrogen) atoms. The van der Waals surface area contributed by atoms with Gasteiger partial charge < -0.3 is 9.72 Å². The number of nitrogens with zero attached hydrogens (tertiary/aromatic N) is 1. The van der Waals surface area contributed by atoms with E-state index < -0.39 is 0 Å². The SMILES string of the molecule is COc1ncc2c(Br)c[nH]c2c1Br. The second-order valence-corrected chi connectivity index (χ2v) is 4.15. The molecule has 1 N–H and O–H groups in total. The first kappa shape index (κ1) is 9.02. The van der Waals surface area contributed by atoms with Crippen LogP contribution in [0.2, 0.25) is 0 Å². The van der Waals surface area contributed by atoms with Crippen LogP contribution in [0.5, 0.6) is 5.88 Å². The van der Waals surface area contributed by atoms with Gasteiger partial charge in [0.05, 0.1) is 12.6 Å². The van der Waals surface area contributed by atoms with Crippen molar-refractivity contribution in [3.63, 3.8) is 0 Å². The summed E-state index contributed by atoms with van der Waals surface area (Å²) in [6, 6.07) is 0. The van der Waals surface area contributed by atoms with Gasteiger partial charge in [-0.05, 0) is 31.9 Å². The number of hydrogen-bond donors (Lipinski definition) is 1. The lowest BCUT2D eigenvalue weighted by Gasteiger charge is -2.01. The summed E-state index contributed by atoms with van der Waals surface area (Å²) in [6.45, 7) is 0. The van der Waals surface area contributed by atoms with Crippen molar-refractivity contribution in [2.45, 2.75) is 0 Å². The number of nitrogens with one attached hydrogen (secondary N) is 1. The normalized spacial score (nSPS) is 10.7. The molecule has 0 saturated heterocycles. The fraction of sp³-hybridized carbons (Fsp3) is 0.125. The summed E-state index contributed by atoms with van der Waals surface area (Å²) in [5, 5.41) is 1.03. The van der Waals surface area contributed by atoms with E-state index in [0.717, 1.165) is 19.8 Å². The fourth-order valence-electron chi connectivity index (χ4n) is 1.15. The number of hydrogen-bond acceptors (Lipinski definition) is 2. The third kappa shape index (κ3) is 1.36. The lowest BCUT2D eigenvalue weighted by atomic mass is 10.3. The van der Waals surface area contributed by atoms with E-state index in [-0.39, 0.29) is 0 Å². The summed E-state index contributed by atoms with van der Waals surface area (Å²) in [7, 11) is 1.59. The minimum atomic E-state index is 0.585. The van der Waals surface area contributed by atoms with Gasteiger partial charge in [-0.25, -0.2) is 4.98 Å². The summed E-state index contributed by atoms with van der Waals surface area (Å²) in [5.41, 5.74) is 0.985. The third-order valence-electron chi connectivity index (χ3n) is 1.78. The maximum Gasteiger partial charge on any atom is 0.229 e. The van der Waals surface area contributed by atoms with Gasteiger partial charge >= 0.3 is 0 Å². The van der Waals surface area contributed by atoms with Crippen LogP contribution >= 0.6 is 31.9 Å². The highest BCUT2D eigenvalue weighted by molar-refractivity contribution is 9.11. The van der Waals surface area contributed by atoms with Crippen molar-refractivity contribution >= 4 is 42.8 Å². The number of H-pyrrole nitrogens is 1. The molecule has 2 rings (SSSR count). The molecule has 0 aliphatic carbocycles. The van der Waals surface area contributed by atoms with Crippen LogP contribution in [0.1, 0.15) is 0 Å². The Hall–Kier alpha value is -0.550. The van der Waals surface area contributed by atoms with E-state index in [4.69, 9.17) is 4.74 Å². The van der Waals surface area contributed by atoms with Gasteiger partial charge in [-0.3, -0.25) is 0 Å². The van der Waals surface area contributed by atoms with Crippen LogP contribution in [0.3, 0.4) is 0 Å². The van der Waals surface area contributed by atoms with E-state index in [1.807, 2.05) is 6.20 Å². The first-order valence-corrected chi connectivity index (χ1v) is 5.17. The van der Waals surface area contributed by atoms with Crippen LogP contribution in [0.25, 0.3) is 10.9 Å². The topological polar surface area (TPSA) is 37.9 Å². The van der Waals surface area contributed by atoms with E-state index in [1.165, 1.54) is 0 Å². The molecule has 0 atom stereocenters. The Morgan fingerprint density at radius 1 is 1.46 bits per heavy atom. The molecule has 0 aliphatic rings. The van der Waals surface area contributed by atoms with Crippen LogP contribution in [0.4, 0.5) is 0 Å². The van der Waals surface area contributed by atoms with Crippen LogP contribution in [0.15, 0.2) is 21.3 Å². The quantitative estimate of drug-likeness (QED) is 0.879. The minimum absolute atomic E-state index is 0.585. The van der Waals surface area contributed by atoms with Gasteiger partial charge in [0, 0.05) is 22.3 Å². The Kier molecular flexibility index (Phi) is 2.29. The predicted molar refractivity (Wildman–Crippen MR) is 58.0 cm³/mol. The van der Waals surface area contributed by atoms with Crippen molar-refractivity contribution in [3.05, 3.63) is 21.3 Å². The Labute approximate surface area is 91.8 Å². The molecule has 2 aromatic heterocycles. The molecule has 0 amide bonds. The largest absolute Gasteiger partial charge is 0.480 e. The van der Waals surface area contributed by atoms with Gasteiger partial charge in [-0.15, -0.1) is 0 Å². The Balaban J connectivity index is 2.80. The number of aromatic nitrogens is 2. The summed E-state index contributed by atoms with van der Waals surface area (Å²) in [5.74, 6) is 0.585. The number of aromatic amines is 1. The molecule has 0 unspecified atom stereocenters. The maximum atomic E-state index is 5.07. The molecule has 5 heteroatoms. The lowest BCUT2D eigenvalue weighted by Crippen LogP contribution is -1.88. The molecule has 2 aromatic rings. The number of ether oxygens (including phenoxy) is 1. The smallest absolute Gasteiger partial charge is 0.229 e. The van der Waals surface area contributed by atoms with E-state index >= 15 is 0 Å². The number of pyridine rings is 1. The van der Waals surface area contributed by atoms with E-state index in [1.54, 1.807) is 13.3 Å². The summed E-state index contributed by atoms with van der Waals surface area (Å²) >= 11 is 6.83. The average molecular weight is 306 g/mol. The molecule has 0 bridgehead atoms. The van der Waals surface area contributed by atoms with Crippen LogP contribution in [-0.2, 0) is 0 Å². The van der Waals surface area contributed by atoms with Crippen molar-refractivity contribution in [1.29, 1.82) is 0 Å². The van der Waals surface area contributed by atoms with Gasteiger partial charge in [0.1, 0.15) is 4.47 Å². The van der Waals surface area contributed by atoms with Crippen molar-refractivity contribution in [1.82, 2.24) is 9.97 Å². The molecule has 2 heterocycles. The summed E-state index contributed by atoms with van der Waals surface area (Å²) in [6.07, 6.45) is 3.63. The summed E-state index contributed by atoms with van der Waals surface area (Å²) < 4.78 is 6.91. The van der Waals surface area contributed by atoms with Gasteiger partial charge in [0.2, 0.25) is 5.88 Å². The maximum absolute atomic E-state index is 5.07. The lowest BCUT2D eigenvalue weighted by molar-refractivity contribution is 0.396. The molecule has 0 aliphatic heterocycles. The first-order valence-electron chi connectivity index (χ1n) is 3.59. The molecular formula is C8H6Br2N2O. The van der Waals surface area contributed by atoms with Gasteiger partial charge in [-0.2, -0.15) is 0 Å². The molecule has 0 spiro atoms. The van der Waals surface area contributed by atoms with E-state index in [0.29, 0.717) is 5.88 Å². The molecule has 0 saturated carbocycles. The van der Waals surface area contributed by atoms with E-state index in [9.17, 15) is 0 Å². The Morgan fingerprint density at radius 2 is 2.23 bits per heavy atom. The van der Waals surface area contributed by atoms with Crippen LogP contribution in [-0.4, -0.2) is 17.1 Å². The second kappa shape index (κ2) is 3.31. The van der Waals surface area contributed by atoms with E-state index in [2.05, 4.69) is 41.8 Å². The Bertz CT molecular complexity index is 453. The second-order valence-electron chi connectivity index (χ2n) is 2.51. The number of methoxy groups -OCH3 is 1. The highest BCUT2D eigenvalue weighted by atomic mass is 79.9. The molecule has 0 fully saturated rings. The van der Waals surface area contributed by atoms with Gasteiger partial charge in [0.15, 0.2) is 0 Å². The van der Waals surface area contributed by atoms with Crippen molar-refractivity contribution < 1.29 is 4.74 Å². The standard InChI is InChI=1S/C8H6Br2N2O/c1-13-8-6(10)7-4(2-12-8)5(9)3-11-7/h2-3,11H,1H3. The summed E-state index contributed by atoms with van der Waals surface area (Å²) in [4.78, 5) is 7.26. The molecule has 0 radical (unpaired) electrons. The molecule has 0 aromatic carbocycles. The van der Waals surface area contributed by atoms with Gasteiger partial charge in [0.25, 0.3) is 0 Å². The molecule has 3 nitrogen and oxygen atoms in total. The zero-order chi connectivity index (χ0) is 9.42. The van der Waals surface area contributed by atoms with Gasteiger partial charge in [-0.1, -0.05) is 0 Å². The molecular weight excluding hydrogens is 300 g/mol. The predicted octanol–water partition coefficient (Wildman–Crippen LogP) is 3.10. The zero-order valence-corrected chi connectivity index (χ0v) is 9.94. The average Bonchev–Trinajstić information content (AvgIpc) is 2.50. The van der Waals surface area contributed by atoms with Crippen molar-refractivity contribution in [3.8, 4) is 5.88 Å². The van der Waals surface area contributed by atoms with Crippen LogP contribution in [0, 0.1) is 0 Å². The third-order valence-corrected chi connectivity index (χ3v) is 3.17. The van der Waals surface area contributed by atoms with Crippen molar-refractivity contribution in [2.24, 2.45) is 0 Å². The monoisotopic (exact) mass is 304 g/mol. The highest BCUT2D eigenvalue weighted by Crippen LogP contribution is 2.33. The number of rotatable bonds is 1. The minimum Gasteiger partial charge on any atom is -0.480 e. The number of fused-ring (bicyclic) bond motifs is 1. The highest BCUT2D eigenvalue weighted by Gasteiger charge is 2.09. The fourth-order valence-corrected chi connectivity index (χ4v) is 2.15. The number of halogens is 2. The zero-order valence-electron chi connectivity index (χ0n) is 6.77. The molecule has 68 valence electrons. The van der Waals surface area contributed by atoms with Crippen molar-refractivity contribution in [2.75, 3.05) is 7.11 Å². The Morgan fingerprint density at radius 3 is 2.92 bits per heavy atom. The van der Waals surface area contributed by atoms with Crippen LogP contribution < -0.4 is 4.74 Å². The first-order chi connectivity index (χ1) is 6.24.